The van der Waals surface area contributed by atoms with E-state index in [1.165, 1.54) is 0 Å². The van der Waals surface area contributed by atoms with Crippen molar-refractivity contribution in [2.45, 2.75) is 12.8 Å². The van der Waals surface area contributed by atoms with Gasteiger partial charge in [0.25, 0.3) is 5.91 Å². The van der Waals surface area contributed by atoms with Gasteiger partial charge in [-0.2, -0.15) is 8.75 Å². The molecule has 4 rings (SSSR count). The van der Waals surface area contributed by atoms with E-state index in [-0.39, 0.29) is 11.8 Å². The lowest BCUT2D eigenvalue weighted by Gasteiger charge is -2.20. The maximum absolute atomic E-state index is 12.6. The normalized spacial score (nSPS) is 14.0. The van der Waals surface area contributed by atoms with Gasteiger partial charge in [0, 0.05) is 24.2 Å². The van der Waals surface area contributed by atoms with Crippen molar-refractivity contribution in [1.82, 2.24) is 8.75 Å². The van der Waals surface area contributed by atoms with E-state index in [0.29, 0.717) is 41.2 Å². The number of ether oxygens (including phenoxy) is 1. The van der Waals surface area contributed by atoms with Gasteiger partial charge in [0.2, 0.25) is 5.91 Å². The van der Waals surface area contributed by atoms with Crippen molar-refractivity contribution in [2.24, 2.45) is 0 Å². The minimum Gasteiger partial charge on any atom is -0.495 e. The molecule has 2 amide bonds. The number of anilines is 2. The van der Waals surface area contributed by atoms with Gasteiger partial charge in [-0.1, -0.05) is 0 Å². The average Bonchev–Trinajstić information content (AvgIpc) is 3.29. The van der Waals surface area contributed by atoms with E-state index in [2.05, 4.69) is 14.1 Å². The third-order valence-corrected chi connectivity index (χ3v) is 4.87. The first kappa shape index (κ1) is 16.5. The van der Waals surface area contributed by atoms with Crippen molar-refractivity contribution >= 4 is 46.0 Å². The van der Waals surface area contributed by atoms with Gasteiger partial charge in [0.15, 0.2) is 0 Å². The Morgan fingerprint density at radius 1 is 1.19 bits per heavy atom. The van der Waals surface area contributed by atoms with Crippen LogP contribution < -0.4 is 15.0 Å². The van der Waals surface area contributed by atoms with Crippen LogP contribution in [-0.4, -0.2) is 34.2 Å². The predicted octanol–water partition coefficient (Wildman–Crippen LogP) is 3.08. The summed E-state index contributed by atoms with van der Waals surface area (Å²) in [5, 5.41) is 2.87. The Kier molecular flexibility index (Phi) is 4.26. The second-order valence-corrected chi connectivity index (χ2v) is 6.49. The first-order valence-corrected chi connectivity index (χ1v) is 8.91. The second-order valence-electron chi connectivity index (χ2n) is 5.96. The summed E-state index contributed by atoms with van der Waals surface area (Å²) in [6, 6.07) is 10.5. The minimum atomic E-state index is -0.247. The molecular formula is C18H16N4O3S. The Bertz CT molecular complexity index is 1000. The highest BCUT2D eigenvalue weighted by Crippen LogP contribution is 2.34. The number of nitrogens with one attached hydrogen (secondary N) is 1. The van der Waals surface area contributed by atoms with Crippen molar-refractivity contribution in [2.75, 3.05) is 23.9 Å². The van der Waals surface area contributed by atoms with Crippen LogP contribution in [0, 0.1) is 0 Å². The predicted molar refractivity (Wildman–Crippen MR) is 99.9 cm³/mol. The molecule has 26 heavy (non-hydrogen) atoms. The number of amides is 2. The van der Waals surface area contributed by atoms with Crippen LogP contribution in [0.25, 0.3) is 11.0 Å². The lowest BCUT2D eigenvalue weighted by molar-refractivity contribution is -0.117. The molecule has 0 aliphatic carbocycles. The van der Waals surface area contributed by atoms with E-state index in [1.54, 1.807) is 48.4 Å². The molecule has 1 saturated heterocycles. The number of carbonyl (C=O) groups is 2. The fourth-order valence-corrected chi connectivity index (χ4v) is 3.53. The van der Waals surface area contributed by atoms with Gasteiger partial charge < -0.3 is 15.0 Å². The molecule has 1 aromatic heterocycles. The van der Waals surface area contributed by atoms with Crippen molar-refractivity contribution in [3.8, 4) is 5.75 Å². The SMILES string of the molecule is COc1ccc(NC(=O)c2ccc3nsnc3c2)cc1N1CCCC1=O. The zero-order valence-corrected chi connectivity index (χ0v) is 14.9. The number of carbonyl (C=O) groups excluding carboxylic acids is 2. The largest absolute Gasteiger partial charge is 0.495 e. The Morgan fingerprint density at radius 2 is 2.04 bits per heavy atom. The van der Waals surface area contributed by atoms with Crippen LogP contribution in [0.5, 0.6) is 5.75 Å². The average molecular weight is 368 g/mol. The van der Waals surface area contributed by atoms with Crippen LogP contribution in [0.3, 0.4) is 0 Å². The number of hydrogen-bond acceptors (Lipinski definition) is 6. The molecule has 2 heterocycles. The van der Waals surface area contributed by atoms with E-state index >= 15 is 0 Å². The molecule has 8 heteroatoms. The molecule has 2 aromatic carbocycles. The van der Waals surface area contributed by atoms with Crippen LogP contribution in [-0.2, 0) is 4.79 Å². The summed E-state index contributed by atoms with van der Waals surface area (Å²) in [6.45, 7) is 0.653. The van der Waals surface area contributed by atoms with Gasteiger partial charge in [-0.15, -0.1) is 0 Å². The van der Waals surface area contributed by atoms with Crippen LogP contribution in [0.15, 0.2) is 36.4 Å². The van der Waals surface area contributed by atoms with Crippen molar-refractivity contribution in [3.63, 3.8) is 0 Å². The molecule has 7 nitrogen and oxygen atoms in total. The lowest BCUT2D eigenvalue weighted by Crippen LogP contribution is -2.24. The monoisotopic (exact) mass is 368 g/mol. The van der Waals surface area contributed by atoms with Crippen molar-refractivity contribution < 1.29 is 14.3 Å². The smallest absolute Gasteiger partial charge is 0.255 e. The molecule has 1 fully saturated rings. The number of hydrogen-bond donors (Lipinski definition) is 1. The quantitative estimate of drug-likeness (QED) is 0.765. The van der Waals surface area contributed by atoms with Gasteiger partial charge in [-0.05, 0) is 42.8 Å². The van der Waals surface area contributed by atoms with Gasteiger partial charge in [-0.25, -0.2) is 0 Å². The molecule has 0 atom stereocenters. The summed E-state index contributed by atoms with van der Waals surface area (Å²) in [7, 11) is 1.56. The molecule has 0 saturated carbocycles. The van der Waals surface area contributed by atoms with Gasteiger partial charge in [-0.3, -0.25) is 9.59 Å². The highest BCUT2D eigenvalue weighted by Gasteiger charge is 2.25. The fraction of sp³-hybridized carbons (Fsp3) is 0.222. The summed E-state index contributed by atoms with van der Waals surface area (Å²) >= 11 is 1.11. The van der Waals surface area contributed by atoms with Gasteiger partial charge in [0.1, 0.15) is 16.8 Å². The Labute approximate surface area is 153 Å². The molecule has 1 aliphatic rings. The number of methoxy groups -OCH3 is 1. The number of fused-ring (bicyclic) bond motifs is 1. The van der Waals surface area contributed by atoms with E-state index in [0.717, 1.165) is 23.7 Å². The highest BCUT2D eigenvalue weighted by molar-refractivity contribution is 7.00. The molecule has 132 valence electrons. The molecule has 0 radical (unpaired) electrons. The third kappa shape index (κ3) is 2.99. The highest BCUT2D eigenvalue weighted by atomic mass is 32.1. The summed E-state index contributed by atoms with van der Waals surface area (Å²) < 4.78 is 13.7. The summed E-state index contributed by atoms with van der Waals surface area (Å²) in [6.07, 6.45) is 1.35. The second kappa shape index (κ2) is 6.72. The lowest BCUT2D eigenvalue weighted by atomic mass is 10.1. The van der Waals surface area contributed by atoms with Crippen LogP contribution in [0.2, 0.25) is 0 Å². The first-order valence-electron chi connectivity index (χ1n) is 8.18. The molecule has 3 aromatic rings. The van der Waals surface area contributed by atoms with Crippen molar-refractivity contribution in [3.05, 3.63) is 42.0 Å². The number of nitrogens with zero attached hydrogens (tertiary/aromatic N) is 3. The fourth-order valence-electron chi connectivity index (χ4n) is 3.01. The molecule has 0 unspecified atom stereocenters. The van der Waals surface area contributed by atoms with E-state index in [9.17, 15) is 9.59 Å². The molecule has 1 aliphatic heterocycles. The Morgan fingerprint density at radius 3 is 2.81 bits per heavy atom. The van der Waals surface area contributed by atoms with Gasteiger partial charge in [0.05, 0.1) is 24.5 Å². The third-order valence-electron chi connectivity index (χ3n) is 4.32. The first-order chi connectivity index (χ1) is 12.7. The Balaban J connectivity index is 1.61. The maximum atomic E-state index is 12.6. The topological polar surface area (TPSA) is 84.4 Å². The molecule has 0 bridgehead atoms. The molecule has 0 spiro atoms. The summed E-state index contributed by atoms with van der Waals surface area (Å²) in [5.74, 6) is 0.422. The summed E-state index contributed by atoms with van der Waals surface area (Å²) in [5.41, 5.74) is 3.24. The van der Waals surface area contributed by atoms with Crippen LogP contribution >= 0.6 is 11.7 Å². The zero-order chi connectivity index (χ0) is 18.1. The van der Waals surface area contributed by atoms with E-state index < -0.39 is 0 Å². The molecule has 1 N–H and O–H groups in total. The maximum Gasteiger partial charge on any atom is 0.255 e. The van der Waals surface area contributed by atoms with E-state index in [1.807, 2.05) is 0 Å². The van der Waals surface area contributed by atoms with Crippen molar-refractivity contribution in [1.29, 1.82) is 0 Å². The van der Waals surface area contributed by atoms with E-state index in [4.69, 9.17) is 4.74 Å². The minimum absolute atomic E-state index is 0.0632. The van der Waals surface area contributed by atoms with Crippen LogP contribution in [0.1, 0.15) is 23.2 Å². The molecular weight excluding hydrogens is 352 g/mol. The number of rotatable bonds is 4. The number of benzene rings is 2. The van der Waals surface area contributed by atoms with Crippen LogP contribution in [0.4, 0.5) is 11.4 Å². The van der Waals surface area contributed by atoms with Gasteiger partial charge >= 0.3 is 0 Å². The number of aromatic nitrogens is 2. The summed E-state index contributed by atoms with van der Waals surface area (Å²) in [4.78, 5) is 26.3. The zero-order valence-electron chi connectivity index (χ0n) is 14.1. The Hall–Kier alpha value is -3.00. The standard InChI is InChI=1S/C18H16N4O3S/c1-25-16-7-5-12(10-15(16)22-8-2-3-17(22)23)19-18(24)11-4-6-13-14(9-11)21-26-20-13/h4-7,9-10H,2-3,8H2,1H3,(H,19,24).